The van der Waals surface area contributed by atoms with Gasteiger partial charge < -0.3 is 5.32 Å². The molecule has 0 atom stereocenters. The Morgan fingerprint density at radius 1 is 0.933 bits per heavy atom. The van der Waals surface area contributed by atoms with Crippen LogP contribution < -0.4 is 5.32 Å². The lowest BCUT2D eigenvalue weighted by molar-refractivity contribution is 0.725. The van der Waals surface area contributed by atoms with E-state index in [0.29, 0.717) is 0 Å². The molecular formula is C14H27N. The average Bonchev–Trinajstić information content (AvgIpc) is 2.36. The number of aryl methyl sites for hydroxylation is 1. The summed E-state index contributed by atoms with van der Waals surface area (Å²) in [7, 11) is 1.99. The fraction of sp³-hybridized carbons (Fsp3) is 0.571. The van der Waals surface area contributed by atoms with Crippen molar-refractivity contribution in [3.8, 4) is 0 Å². The van der Waals surface area contributed by atoms with Crippen LogP contribution in [0.1, 0.15) is 39.7 Å². The molecule has 1 heteroatoms. The first-order valence-electron chi connectivity index (χ1n) is 6.12. The van der Waals surface area contributed by atoms with Gasteiger partial charge in [-0.25, -0.2) is 0 Å². The molecule has 1 nitrogen and oxygen atoms in total. The van der Waals surface area contributed by atoms with Gasteiger partial charge in [-0.15, -0.1) is 0 Å². The van der Waals surface area contributed by atoms with E-state index >= 15 is 0 Å². The first kappa shape index (κ1) is 16.6. The molecule has 0 bridgehead atoms. The summed E-state index contributed by atoms with van der Waals surface area (Å²) >= 11 is 0. The van der Waals surface area contributed by atoms with Gasteiger partial charge in [0, 0.05) is 0 Å². The molecule has 0 aliphatic heterocycles. The minimum Gasteiger partial charge on any atom is -0.320 e. The molecule has 1 aromatic rings. The highest BCUT2D eigenvalue weighted by atomic mass is 14.8. The third-order valence-electron chi connectivity index (χ3n) is 1.74. The molecule has 0 saturated heterocycles. The molecule has 1 N–H and O–H groups in total. The van der Waals surface area contributed by atoms with Crippen molar-refractivity contribution >= 4 is 0 Å². The Morgan fingerprint density at radius 3 is 1.93 bits per heavy atom. The van der Waals surface area contributed by atoms with Crippen LogP contribution in [0.2, 0.25) is 0 Å². The zero-order valence-corrected chi connectivity index (χ0v) is 11.0. The molecule has 0 amide bonds. The summed E-state index contributed by atoms with van der Waals surface area (Å²) in [5.74, 6) is 0. The van der Waals surface area contributed by atoms with Crippen molar-refractivity contribution in [2.45, 2.75) is 40.5 Å². The van der Waals surface area contributed by atoms with Crippen LogP contribution in [-0.2, 0) is 6.42 Å². The summed E-state index contributed by atoms with van der Waals surface area (Å²) in [4.78, 5) is 0. The number of hydrogen-bond donors (Lipinski definition) is 1. The van der Waals surface area contributed by atoms with Gasteiger partial charge in [-0.05, 0) is 32.0 Å². The lowest BCUT2D eigenvalue weighted by atomic mass is 10.1. The van der Waals surface area contributed by atoms with E-state index in [1.54, 1.807) is 0 Å². The first-order valence-corrected chi connectivity index (χ1v) is 6.12. The van der Waals surface area contributed by atoms with Crippen LogP contribution in [0.3, 0.4) is 0 Å². The van der Waals surface area contributed by atoms with Gasteiger partial charge in [-0.1, -0.05) is 58.0 Å². The molecule has 0 spiro atoms. The molecule has 0 fully saturated rings. The second-order valence-electron chi connectivity index (χ2n) is 2.69. The van der Waals surface area contributed by atoms with Gasteiger partial charge >= 0.3 is 0 Å². The van der Waals surface area contributed by atoms with Crippen LogP contribution in [0.4, 0.5) is 0 Å². The van der Waals surface area contributed by atoms with E-state index in [-0.39, 0.29) is 0 Å². The Kier molecular flexibility index (Phi) is 17.3. The van der Waals surface area contributed by atoms with Crippen molar-refractivity contribution in [2.75, 3.05) is 13.6 Å². The molecule has 1 rings (SSSR count). The Morgan fingerprint density at radius 2 is 1.47 bits per heavy atom. The SMILES string of the molecule is CC.CC.CNCCCc1ccccc1. The van der Waals surface area contributed by atoms with Gasteiger partial charge in [0.05, 0.1) is 0 Å². The quantitative estimate of drug-likeness (QED) is 0.742. The van der Waals surface area contributed by atoms with Gasteiger partial charge in [0.1, 0.15) is 0 Å². The molecule has 0 heterocycles. The molecule has 15 heavy (non-hydrogen) atoms. The van der Waals surface area contributed by atoms with Crippen molar-refractivity contribution in [2.24, 2.45) is 0 Å². The van der Waals surface area contributed by atoms with Crippen molar-refractivity contribution in [1.29, 1.82) is 0 Å². The molecule has 88 valence electrons. The fourth-order valence-electron chi connectivity index (χ4n) is 1.11. The molecule has 1 aromatic carbocycles. The van der Waals surface area contributed by atoms with Crippen LogP contribution in [0, 0.1) is 0 Å². The molecule has 0 radical (unpaired) electrons. The van der Waals surface area contributed by atoms with Crippen LogP contribution in [0.15, 0.2) is 30.3 Å². The molecule has 0 unspecified atom stereocenters. The Hall–Kier alpha value is -0.820. The normalized spacial score (nSPS) is 8.07. The molecule has 0 aliphatic rings. The summed E-state index contributed by atoms with van der Waals surface area (Å²) in [5, 5.41) is 3.14. The zero-order chi connectivity index (χ0) is 11.9. The van der Waals surface area contributed by atoms with Crippen LogP contribution in [-0.4, -0.2) is 13.6 Å². The third-order valence-corrected chi connectivity index (χ3v) is 1.74. The maximum atomic E-state index is 3.14. The van der Waals surface area contributed by atoms with Crippen molar-refractivity contribution < 1.29 is 0 Å². The predicted octanol–water partition coefficient (Wildman–Crippen LogP) is 3.89. The topological polar surface area (TPSA) is 12.0 Å². The highest BCUT2D eigenvalue weighted by Gasteiger charge is 1.88. The van der Waals surface area contributed by atoms with E-state index in [2.05, 4.69) is 35.6 Å². The zero-order valence-electron chi connectivity index (χ0n) is 11.0. The standard InChI is InChI=1S/C10H15N.2C2H6/c1-11-9-5-8-10-6-3-2-4-7-10;2*1-2/h2-4,6-7,11H,5,8-9H2,1H3;2*1-2H3. The number of hydrogen-bond acceptors (Lipinski definition) is 1. The first-order chi connectivity index (χ1) is 7.43. The molecule has 0 saturated carbocycles. The summed E-state index contributed by atoms with van der Waals surface area (Å²) in [5.41, 5.74) is 1.43. The van der Waals surface area contributed by atoms with Gasteiger partial charge in [0.15, 0.2) is 0 Å². The van der Waals surface area contributed by atoms with Crippen molar-refractivity contribution in [1.82, 2.24) is 5.32 Å². The number of rotatable bonds is 4. The minimum atomic E-state index is 1.11. The average molecular weight is 209 g/mol. The van der Waals surface area contributed by atoms with E-state index in [0.717, 1.165) is 6.54 Å². The second-order valence-corrected chi connectivity index (χ2v) is 2.69. The number of benzene rings is 1. The van der Waals surface area contributed by atoms with E-state index in [1.807, 2.05) is 34.7 Å². The maximum absolute atomic E-state index is 3.14. The van der Waals surface area contributed by atoms with E-state index in [4.69, 9.17) is 0 Å². The van der Waals surface area contributed by atoms with E-state index in [1.165, 1.54) is 18.4 Å². The summed E-state index contributed by atoms with van der Waals surface area (Å²) < 4.78 is 0. The minimum absolute atomic E-state index is 1.11. The molecular weight excluding hydrogens is 182 g/mol. The maximum Gasteiger partial charge on any atom is -0.00488 e. The Bertz CT molecular complexity index is 182. The van der Waals surface area contributed by atoms with Crippen LogP contribution in [0.5, 0.6) is 0 Å². The monoisotopic (exact) mass is 209 g/mol. The highest BCUT2D eigenvalue weighted by Crippen LogP contribution is 2.00. The highest BCUT2D eigenvalue weighted by molar-refractivity contribution is 5.14. The predicted molar refractivity (Wildman–Crippen MR) is 71.4 cm³/mol. The van der Waals surface area contributed by atoms with Gasteiger partial charge in [0.2, 0.25) is 0 Å². The summed E-state index contributed by atoms with van der Waals surface area (Å²) in [6.45, 7) is 9.11. The molecule has 0 aliphatic carbocycles. The smallest absolute Gasteiger partial charge is 0.00488 e. The Labute approximate surface area is 95.9 Å². The van der Waals surface area contributed by atoms with Crippen molar-refractivity contribution in [3.05, 3.63) is 35.9 Å². The van der Waals surface area contributed by atoms with Crippen LogP contribution >= 0.6 is 0 Å². The third kappa shape index (κ3) is 11.1. The summed E-state index contributed by atoms with van der Waals surface area (Å²) in [6.07, 6.45) is 2.40. The van der Waals surface area contributed by atoms with E-state index in [9.17, 15) is 0 Å². The van der Waals surface area contributed by atoms with Crippen molar-refractivity contribution in [3.63, 3.8) is 0 Å². The molecule has 0 aromatic heterocycles. The van der Waals surface area contributed by atoms with Crippen LogP contribution in [0.25, 0.3) is 0 Å². The lowest BCUT2D eigenvalue weighted by Gasteiger charge is -1.99. The second kappa shape index (κ2) is 15.6. The van der Waals surface area contributed by atoms with Gasteiger partial charge in [-0.2, -0.15) is 0 Å². The van der Waals surface area contributed by atoms with Gasteiger partial charge in [-0.3, -0.25) is 0 Å². The van der Waals surface area contributed by atoms with Gasteiger partial charge in [0.25, 0.3) is 0 Å². The number of nitrogens with one attached hydrogen (secondary N) is 1. The van der Waals surface area contributed by atoms with E-state index < -0.39 is 0 Å². The Balaban J connectivity index is 0. The lowest BCUT2D eigenvalue weighted by Crippen LogP contribution is -2.08. The summed E-state index contributed by atoms with van der Waals surface area (Å²) in [6, 6.07) is 10.6. The fourth-order valence-corrected chi connectivity index (χ4v) is 1.11. The largest absolute Gasteiger partial charge is 0.320 e.